The molecule has 170 valence electrons. The predicted octanol–water partition coefficient (Wildman–Crippen LogP) is 4.39. The number of anilines is 1. The number of hydrogen-bond acceptors (Lipinski definition) is 6. The maximum absolute atomic E-state index is 12.9. The molecule has 0 saturated carbocycles. The van der Waals surface area contributed by atoms with Crippen LogP contribution in [-0.4, -0.2) is 59.0 Å². The van der Waals surface area contributed by atoms with E-state index in [1.165, 1.54) is 9.80 Å². The average molecular weight is 453 g/mol. The van der Waals surface area contributed by atoms with Gasteiger partial charge in [-0.05, 0) is 59.7 Å². The smallest absolute Gasteiger partial charge is 0.415 e. The van der Waals surface area contributed by atoms with Gasteiger partial charge in [0, 0.05) is 17.1 Å². The molecule has 9 heteroatoms. The minimum atomic E-state index is -1.06. The Hall–Kier alpha value is -2.48. The van der Waals surface area contributed by atoms with Crippen LogP contribution in [0.2, 0.25) is 5.02 Å². The Bertz CT molecular complexity index is 853. The molecule has 31 heavy (non-hydrogen) atoms. The van der Waals surface area contributed by atoms with E-state index in [0.717, 1.165) is 0 Å². The lowest BCUT2D eigenvalue weighted by Gasteiger charge is -2.29. The number of hydrogen-bond donors (Lipinski definition) is 0. The van der Waals surface area contributed by atoms with E-state index in [2.05, 4.69) is 0 Å². The SMILES string of the molecule is CC(C)(C)OC(=O)[C@@H]1C[C@]2(CN(c3cccc(Cl)c3)C(=O)O2)CN1C(=O)OC(C)(C)C. The molecule has 0 aliphatic carbocycles. The zero-order valence-corrected chi connectivity index (χ0v) is 19.5. The van der Waals surface area contributed by atoms with Crippen LogP contribution >= 0.6 is 11.6 Å². The summed E-state index contributed by atoms with van der Waals surface area (Å²) in [6.45, 7) is 10.7. The molecule has 2 aliphatic heterocycles. The molecular formula is C22H29ClN2O6. The lowest BCUT2D eigenvalue weighted by atomic mass is 10.00. The number of nitrogens with zero attached hydrogens (tertiary/aromatic N) is 2. The summed E-state index contributed by atoms with van der Waals surface area (Å²) in [5.74, 6) is -0.563. The van der Waals surface area contributed by atoms with Crippen molar-refractivity contribution in [3.63, 3.8) is 0 Å². The maximum Gasteiger partial charge on any atom is 0.415 e. The lowest BCUT2D eigenvalue weighted by Crippen LogP contribution is -2.46. The van der Waals surface area contributed by atoms with Crippen LogP contribution in [0.15, 0.2) is 24.3 Å². The summed E-state index contributed by atoms with van der Waals surface area (Å²) in [4.78, 5) is 41.2. The van der Waals surface area contributed by atoms with Crippen LogP contribution in [0.4, 0.5) is 15.3 Å². The zero-order valence-electron chi connectivity index (χ0n) is 18.7. The highest BCUT2D eigenvalue weighted by atomic mass is 35.5. The van der Waals surface area contributed by atoms with E-state index in [9.17, 15) is 14.4 Å². The Morgan fingerprint density at radius 1 is 1.10 bits per heavy atom. The van der Waals surface area contributed by atoms with Gasteiger partial charge in [0.1, 0.15) is 17.2 Å². The van der Waals surface area contributed by atoms with Crippen molar-refractivity contribution in [2.75, 3.05) is 18.0 Å². The lowest BCUT2D eigenvalue weighted by molar-refractivity contribution is -0.160. The summed E-state index contributed by atoms with van der Waals surface area (Å²) in [6.07, 6.45) is -1.10. The van der Waals surface area contributed by atoms with Crippen LogP contribution in [0.1, 0.15) is 48.0 Å². The molecule has 1 aromatic carbocycles. The quantitative estimate of drug-likeness (QED) is 0.488. The van der Waals surface area contributed by atoms with E-state index in [4.69, 9.17) is 25.8 Å². The first-order chi connectivity index (χ1) is 14.2. The number of carbonyl (C=O) groups is 3. The second-order valence-corrected chi connectivity index (χ2v) is 10.4. The summed E-state index contributed by atoms with van der Waals surface area (Å²) in [5, 5.41) is 0.486. The van der Waals surface area contributed by atoms with E-state index < -0.39 is 41.0 Å². The second kappa shape index (κ2) is 7.89. The predicted molar refractivity (Wildman–Crippen MR) is 115 cm³/mol. The normalized spacial score (nSPS) is 23.8. The molecule has 2 aliphatic rings. The van der Waals surface area contributed by atoms with Gasteiger partial charge in [0.15, 0.2) is 5.60 Å². The van der Waals surface area contributed by atoms with Crippen LogP contribution in [0.3, 0.4) is 0 Å². The van der Waals surface area contributed by atoms with Gasteiger partial charge in [0.05, 0.1) is 13.1 Å². The van der Waals surface area contributed by atoms with Crippen LogP contribution in [-0.2, 0) is 19.0 Å². The standard InChI is InChI=1S/C22H29ClN2O6/c1-20(2,3)29-17(26)16-11-22(13-25(16)19(28)30-21(4,5)6)12-24(18(27)31-22)15-9-7-8-14(23)10-15/h7-10,16H,11-13H2,1-6H3/t16-,22-/m0/s1. The molecule has 0 radical (unpaired) electrons. The van der Waals surface area contributed by atoms with Crippen molar-refractivity contribution in [2.24, 2.45) is 0 Å². The van der Waals surface area contributed by atoms with Crippen LogP contribution in [0, 0.1) is 0 Å². The number of carbonyl (C=O) groups excluding carboxylic acids is 3. The average Bonchev–Trinajstić information content (AvgIpc) is 3.12. The number of benzene rings is 1. The largest absolute Gasteiger partial charge is 0.458 e. The molecule has 2 fully saturated rings. The number of likely N-dealkylation sites (tertiary alicyclic amines) is 1. The van der Waals surface area contributed by atoms with Crippen molar-refractivity contribution >= 4 is 35.4 Å². The van der Waals surface area contributed by atoms with E-state index in [1.54, 1.807) is 65.8 Å². The molecule has 3 rings (SSSR count). The number of amides is 2. The van der Waals surface area contributed by atoms with E-state index in [-0.39, 0.29) is 19.5 Å². The van der Waals surface area contributed by atoms with Crippen molar-refractivity contribution in [2.45, 2.75) is 70.8 Å². The fourth-order valence-electron chi connectivity index (χ4n) is 3.69. The Morgan fingerprint density at radius 3 is 2.32 bits per heavy atom. The molecule has 2 atom stereocenters. The first-order valence-corrected chi connectivity index (χ1v) is 10.5. The van der Waals surface area contributed by atoms with Gasteiger partial charge < -0.3 is 14.2 Å². The minimum absolute atomic E-state index is 0.0224. The topological polar surface area (TPSA) is 85.4 Å². The maximum atomic E-state index is 12.9. The molecule has 0 unspecified atom stereocenters. The van der Waals surface area contributed by atoms with Crippen molar-refractivity contribution < 1.29 is 28.6 Å². The summed E-state index contributed by atoms with van der Waals surface area (Å²) in [5.41, 5.74) is -1.95. The first-order valence-electron chi connectivity index (χ1n) is 10.2. The van der Waals surface area contributed by atoms with E-state index in [0.29, 0.717) is 10.7 Å². The van der Waals surface area contributed by atoms with Crippen molar-refractivity contribution in [1.82, 2.24) is 4.90 Å². The summed E-state index contributed by atoms with van der Waals surface area (Å²) in [6, 6.07) is 5.93. The molecule has 0 bridgehead atoms. The molecule has 1 aromatic rings. The Balaban J connectivity index is 1.87. The molecule has 2 amide bonds. The van der Waals surface area contributed by atoms with Gasteiger partial charge in [0.25, 0.3) is 0 Å². The Morgan fingerprint density at radius 2 is 1.74 bits per heavy atom. The van der Waals surface area contributed by atoms with Crippen molar-refractivity contribution in [3.05, 3.63) is 29.3 Å². The van der Waals surface area contributed by atoms with Crippen LogP contribution in [0.25, 0.3) is 0 Å². The summed E-state index contributed by atoms with van der Waals surface area (Å²) < 4.78 is 16.8. The number of rotatable bonds is 2. The first kappa shape index (κ1) is 23.2. The number of ether oxygens (including phenoxy) is 3. The van der Waals surface area contributed by atoms with Gasteiger partial charge in [-0.25, -0.2) is 14.4 Å². The third kappa shape index (κ3) is 5.42. The molecule has 0 N–H and O–H groups in total. The van der Waals surface area contributed by atoms with Crippen LogP contribution < -0.4 is 4.90 Å². The fourth-order valence-corrected chi connectivity index (χ4v) is 3.88. The number of halogens is 1. The monoisotopic (exact) mass is 452 g/mol. The van der Waals surface area contributed by atoms with Gasteiger partial charge in [0.2, 0.25) is 0 Å². The van der Waals surface area contributed by atoms with Crippen LogP contribution in [0.5, 0.6) is 0 Å². The van der Waals surface area contributed by atoms with Gasteiger partial charge in [-0.3, -0.25) is 9.80 Å². The highest BCUT2D eigenvalue weighted by Gasteiger charge is 2.58. The highest BCUT2D eigenvalue weighted by molar-refractivity contribution is 6.30. The second-order valence-electron chi connectivity index (χ2n) is 9.98. The summed E-state index contributed by atoms with van der Waals surface area (Å²) in [7, 11) is 0. The van der Waals surface area contributed by atoms with Crippen molar-refractivity contribution in [3.8, 4) is 0 Å². The van der Waals surface area contributed by atoms with Gasteiger partial charge in [-0.2, -0.15) is 0 Å². The van der Waals surface area contributed by atoms with E-state index in [1.807, 2.05) is 0 Å². The van der Waals surface area contributed by atoms with Crippen molar-refractivity contribution in [1.29, 1.82) is 0 Å². The van der Waals surface area contributed by atoms with Gasteiger partial charge in [-0.15, -0.1) is 0 Å². The Kier molecular flexibility index (Phi) is 5.90. The molecule has 1 spiro atoms. The molecule has 0 aromatic heterocycles. The third-order valence-electron chi connectivity index (χ3n) is 4.80. The molecular weight excluding hydrogens is 424 g/mol. The Labute approximate surface area is 187 Å². The minimum Gasteiger partial charge on any atom is -0.458 e. The number of esters is 1. The molecule has 2 saturated heterocycles. The molecule has 2 heterocycles. The van der Waals surface area contributed by atoms with E-state index >= 15 is 0 Å². The third-order valence-corrected chi connectivity index (χ3v) is 5.03. The highest BCUT2D eigenvalue weighted by Crippen LogP contribution is 2.39. The van der Waals surface area contributed by atoms with Gasteiger partial charge >= 0.3 is 18.2 Å². The fraction of sp³-hybridized carbons (Fsp3) is 0.591. The molecule has 8 nitrogen and oxygen atoms in total. The van der Waals surface area contributed by atoms with Gasteiger partial charge in [-0.1, -0.05) is 17.7 Å². The summed E-state index contributed by atoms with van der Waals surface area (Å²) >= 11 is 6.07. The zero-order chi connectivity index (χ0) is 23.2.